The molecule has 0 radical (unpaired) electrons. The quantitative estimate of drug-likeness (QED) is 0.282. The Kier molecular flexibility index (Phi) is 7.34. The smallest absolute Gasteiger partial charge is 0.369 e. The highest BCUT2D eigenvalue weighted by atomic mass is 31.2. The van der Waals surface area contributed by atoms with Crippen molar-refractivity contribution >= 4 is 7.99 Å². The molecule has 0 aliphatic carbocycles. The maximum Gasteiger partial charge on any atom is 0.552 e. The van der Waals surface area contributed by atoms with Gasteiger partial charge in [0.2, 0.25) is 0 Å². The van der Waals surface area contributed by atoms with Crippen molar-refractivity contribution in [3.05, 3.63) is 12.7 Å². The molecule has 7 heteroatoms. The van der Waals surface area contributed by atoms with Gasteiger partial charge in [-0.2, -0.15) is 0 Å². The standard InChI is InChI=1S/C11H17F2O4P/c1-5-7-15-8-10(17-18(12,13)14)9-16-11(3,4)6-2/h1,6,10H,2,7-9H2,3-4H3. The van der Waals surface area contributed by atoms with Gasteiger partial charge in [-0.1, -0.05) is 12.0 Å². The van der Waals surface area contributed by atoms with Gasteiger partial charge < -0.3 is 9.47 Å². The molecule has 0 rings (SSSR count). The summed E-state index contributed by atoms with van der Waals surface area (Å²) >= 11 is 0. The molecule has 0 aliphatic heterocycles. The van der Waals surface area contributed by atoms with E-state index in [4.69, 9.17) is 15.9 Å². The highest BCUT2D eigenvalue weighted by molar-refractivity contribution is 7.47. The van der Waals surface area contributed by atoms with Crippen molar-refractivity contribution in [3.8, 4) is 12.3 Å². The van der Waals surface area contributed by atoms with E-state index in [2.05, 4.69) is 17.0 Å². The molecule has 0 saturated heterocycles. The summed E-state index contributed by atoms with van der Waals surface area (Å²) in [5, 5.41) is 0. The van der Waals surface area contributed by atoms with E-state index in [0.29, 0.717) is 0 Å². The van der Waals surface area contributed by atoms with Gasteiger partial charge in [-0.25, -0.2) is 4.57 Å². The molecule has 0 fully saturated rings. The van der Waals surface area contributed by atoms with E-state index in [9.17, 15) is 13.0 Å². The van der Waals surface area contributed by atoms with Gasteiger partial charge in [0.1, 0.15) is 12.7 Å². The van der Waals surface area contributed by atoms with Crippen molar-refractivity contribution in [2.24, 2.45) is 0 Å². The van der Waals surface area contributed by atoms with E-state index in [1.54, 1.807) is 13.8 Å². The molecule has 1 atom stereocenters. The molecule has 0 amide bonds. The van der Waals surface area contributed by atoms with Crippen LogP contribution in [0.25, 0.3) is 0 Å². The first kappa shape index (κ1) is 17.3. The molecule has 0 heterocycles. The minimum Gasteiger partial charge on any atom is -0.369 e. The van der Waals surface area contributed by atoms with Crippen LogP contribution in [-0.4, -0.2) is 31.5 Å². The van der Waals surface area contributed by atoms with E-state index in [1.807, 2.05) is 0 Å². The molecule has 18 heavy (non-hydrogen) atoms. The van der Waals surface area contributed by atoms with Crippen LogP contribution in [0.2, 0.25) is 0 Å². The predicted molar refractivity (Wildman–Crippen MR) is 64.6 cm³/mol. The molecule has 0 bridgehead atoms. The molecule has 0 aromatic rings. The summed E-state index contributed by atoms with van der Waals surface area (Å²) in [4.78, 5) is 0. The minimum absolute atomic E-state index is 0.0480. The van der Waals surface area contributed by atoms with Gasteiger partial charge in [0, 0.05) is 0 Å². The molecule has 0 N–H and O–H groups in total. The van der Waals surface area contributed by atoms with Crippen molar-refractivity contribution in [1.82, 2.24) is 0 Å². The van der Waals surface area contributed by atoms with Crippen LogP contribution in [0.1, 0.15) is 13.8 Å². The molecule has 104 valence electrons. The van der Waals surface area contributed by atoms with Gasteiger partial charge in [0.05, 0.1) is 18.8 Å². The predicted octanol–water partition coefficient (Wildman–Crippen LogP) is 3.05. The van der Waals surface area contributed by atoms with E-state index in [1.165, 1.54) is 6.08 Å². The molecule has 0 saturated carbocycles. The lowest BCUT2D eigenvalue weighted by molar-refractivity contribution is -0.0509. The fourth-order valence-electron chi connectivity index (χ4n) is 0.898. The molecule has 0 spiro atoms. The van der Waals surface area contributed by atoms with Gasteiger partial charge in [0.15, 0.2) is 0 Å². The zero-order chi connectivity index (χ0) is 14.2. The van der Waals surface area contributed by atoms with Crippen LogP contribution in [0.5, 0.6) is 0 Å². The lowest BCUT2D eigenvalue weighted by Crippen LogP contribution is -2.31. The summed E-state index contributed by atoms with van der Waals surface area (Å²) in [5.74, 6) is 2.18. The maximum absolute atomic E-state index is 12.3. The monoisotopic (exact) mass is 282 g/mol. The van der Waals surface area contributed by atoms with Crippen molar-refractivity contribution in [3.63, 3.8) is 0 Å². The van der Waals surface area contributed by atoms with Crippen LogP contribution in [-0.2, 0) is 18.6 Å². The summed E-state index contributed by atoms with van der Waals surface area (Å²) in [5.41, 5.74) is -0.704. The number of hydrogen-bond donors (Lipinski definition) is 0. The molecule has 1 unspecified atom stereocenters. The van der Waals surface area contributed by atoms with Crippen molar-refractivity contribution in [2.45, 2.75) is 25.6 Å². The lowest BCUT2D eigenvalue weighted by Gasteiger charge is -2.24. The first-order valence-electron chi connectivity index (χ1n) is 5.16. The second-order valence-electron chi connectivity index (χ2n) is 3.98. The van der Waals surface area contributed by atoms with Gasteiger partial charge in [-0.3, -0.25) is 4.52 Å². The van der Waals surface area contributed by atoms with E-state index < -0.39 is 19.7 Å². The number of hydrogen-bond acceptors (Lipinski definition) is 4. The molecular formula is C11H17F2O4P. The first-order valence-corrected chi connectivity index (χ1v) is 6.57. The largest absolute Gasteiger partial charge is 0.552 e. The zero-order valence-electron chi connectivity index (χ0n) is 10.4. The average Bonchev–Trinajstić information content (AvgIpc) is 2.24. The second-order valence-corrected chi connectivity index (χ2v) is 5.02. The Morgan fingerprint density at radius 3 is 2.56 bits per heavy atom. The lowest BCUT2D eigenvalue weighted by atomic mass is 10.1. The Hall–Kier alpha value is -0.730. The van der Waals surface area contributed by atoms with Crippen LogP contribution >= 0.6 is 7.99 Å². The number of rotatable bonds is 9. The second kappa shape index (κ2) is 7.65. The molecular weight excluding hydrogens is 265 g/mol. The van der Waals surface area contributed by atoms with Gasteiger partial charge in [-0.05, 0) is 13.8 Å². The van der Waals surface area contributed by atoms with Crippen molar-refractivity contribution in [1.29, 1.82) is 0 Å². The van der Waals surface area contributed by atoms with Crippen LogP contribution in [0.15, 0.2) is 12.7 Å². The van der Waals surface area contributed by atoms with E-state index >= 15 is 0 Å². The SMILES string of the molecule is C#CCOCC(COC(C)(C)C=C)OP(=O)(F)F. The first-order chi connectivity index (χ1) is 8.20. The van der Waals surface area contributed by atoms with Crippen LogP contribution in [0.3, 0.4) is 0 Å². The Morgan fingerprint density at radius 1 is 1.50 bits per heavy atom. The third-order valence-corrected chi connectivity index (χ3v) is 2.44. The van der Waals surface area contributed by atoms with Crippen LogP contribution < -0.4 is 0 Å². The Morgan fingerprint density at radius 2 is 2.11 bits per heavy atom. The summed E-state index contributed by atoms with van der Waals surface area (Å²) < 4.78 is 49.3. The zero-order valence-corrected chi connectivity index (χ0v) is 11.3. The maximum atomic E-state index is 12.3. The Labute approximate surface area is 106 Å². The molecule has 0 aromatic carbocycles. The molecule has 4 nitrogen and oxygen atoms in total. The number of ether oxygens (including phenoxy) is 2. The topological polar surface area (TPSA) is 44.8 Å². The highest BCUT2D eigenvalue weighted by Gasteiger charge is 2.28. The summed E-state index contributed by atoms with van der Waals surface area (Å²) in [6, 6.07) is 0. The number of terminal acetylenes is 1. The van der Waals surface area contributed by atoms with Gasteiger partial charge in [-0.15, -0.1) is 21.4 Å². The number of halogens is 2. The Balaban J connectivity index is 4.34. The summed E-state index contributed by atoms with van der Waals surface area (Å²) in [6.07, 6.45) is 5.30. The minimum atomic E-state index is -5.60. The average molecular weight is 282 g/mol. The van der Waals surface area contributed by atoms with Crippen molar-refractivity contribution in [2.75, 3.05) is 19.8 Å². The van der Waals surface area contributed by atoms with E-state index in [0.717, 1.165) is 0 Å². The van der Waals surface area contributed by atoms with Gasteiger partial charge in [0.25, 0.3) is 0 Å². The summed E-state index contributed by atoms with van der Waals surface area (Å²) in [7, 11) is -5.60. The van der Waals surface area contributed by atoms with Crippen LogP contribution in [0, 0.1) is 12.3 Å². The van der Waals surface area contributed by atoms with Crippen molar-refractivity contribution < 1.29 is 27.0 Å². The van der Waals surface area contributed by atoms with Crippen LogP contribution in [0.4, 0.5) is 8.39 Å². The molecule has 0 aromatic heterocycles. The Bertz CT molecular complexity index is 345. The fourth-order valence-corrected chi connectivity index (χ4v) is 1.37. The third-order valence-electron chi connectivity index (χ3n) is 1.89. The van der Waals surface area contributed by atoms with E-state index in [-0.39, 0.29) is 19.8 Å². The third kappa shape index (κ3) is 9.32. The molecule has 0 aliphatic rings. The summed E-state index contributed by atoms with van der Waals surface area (Å²) in [6.45, 7) is 6.45. The fraction of sp³-hybridized carbons (Fsp3) is 0.636. The normalized spacial score (nSPS) is 13.9. The van der Waals surface area contributed by atoms with Gasteiger partial charge >= 0.3 is 7.99 Å². The highest BCUT2D eigenvalue weighted by Crippen LogP contribution is 2.51.